The van der Waals surface area contributed by atoms with Gasteiger partial charge in [-0.25, -0.2) is 4.79 Å². The van der Waals surface area contributed by atoms with Crippen molar-refractivity contribution in [1.82, 2.24) is 0 Å². The summed E-state index contributed by atoms with van der Waals surface area (Å²) in [6.07, 6.45) is -6.55. The number of hydrogen-bond acceptors (Lipinski definition) is 4. The van der Waals surface area contributed by atoms with Gasteiger partial charge in [-0.05, 0) is 5.92 Å². The fraction of sp³-hybridized carbons (Fsp3) is 0.800. The smallest absolute Gasteiger partial charge is 0.465 e. The van der Waals surface area contributed by atoms with Crippen molar-refractivity contribution in [1.29, 1.82) is 0 Å². The van der Waals surface area contributed by atoms with E-state index in [9.17, 15) is 22.8 Å². The minimum absolute atomic E-state index is 0.0797. The van der Waals surface area contributed by atoms with E-state index in [1.807, 2.05) is 13.8 Å². The van der Waals surface area contributed by atoms with Crippen LogP contribution in [-0.4, -0.2) is 35.3 Å². The van der Waals surface area contributed by atoms with E-state index >= 15 is 0 Å². The summed E-state index contributed by atoms with van der Waals surface area (Å²) in [5.41, 5.74) is 0. The lowest BCUT2D eigenvalue weighted by Crippen LogP contribution is -2.32. The molecule has 1 atom stereocenters. The Morgan fingerprint density at radius 1 is 1.28 bits per heavy atom. The Kier molecular flexibility index (Phi) is 7.56. The first-order chi connectivity index (χ1) is 8.16. The van der Waals surface area contributed by atoms with Gasteiger partial charge in [0.2, 0.25) is 0 Å². The maximum absolute atomic E-state index is 11.9. The minimum atomic E-state index is -5.05. The highest BCUT2D eigenvalue weighted by Gasteiger charge is 2.42. The summed E-state index contributed by atoms with van der Waals surface area (Å²) in [7, 11) is 0. The Balaban J connectivity index is 4.19. The van der Waals surface area contributed by atoms with Crippen LogP contribution >= 0.6 is 22.6 Å². The van der Waals surface area contributed by atoms with Crippen molar-refractivity contribution >= 4 is 34.5 Å². The summed E-state index contributed by atoms with van der Waals surface area (Å²) in [4.78, 5) is 21.8. The summed E-state index contributed by atoms with van der Waals surface area (Å²) < 4.78 is 44.9. The molecule has 0 spiro atoms. The highest BCUT2D eigenvalue weighted by Crippen LogP contribution is 2.19. The molecule has 0 saturated heterocycles. The molecule has 106 valence electrons. The van der Waals surface area contributed by atoms with E-state index in [4.69, 9.17) is 4.74 Å². The number of carbonyl (C=O) groups excluding carboxylic acids is 2. The molecule has 0 amide bonds. The van der Waals surface area contributed by atoms with E-state index in [1.165, 1.54) is 0 Å². The van der Waals surface area contributed by atoms with Crippen LogP contribution in [0.5, 0.6) is 0 Å². The Labute approximate surface area is 116 Å². The molecule has 0 aromatic carbocycles. The molecule has 18 heavy (non-hydrogen) atoms. The zero-order valence-corrected chi connectivity index (χ0v) is 12.1. The molecule has 0 rings (SSSR count). The third-order valence-electron chi connectivity index (χ3n) is 1.65. The second-order valence-electron chi connectivity index (χ2n) is 3.96. The van der Waals surface area contributed by atoms with Crippen LogP contribution in [0.2, 0.25) is 0 Å². The second kappa shape index (κ2) is 7.80. The summed E-state index contributed by atoms with van der Waals surface area (Å²) in [5, 5.41) is 0. The highest BCUT2D eigenvalue weighted by molar-refractivity contribution is 14.1. The van der Waals surface area contributed by atoms with Crippen molar-refractivity contribution in [2.24, 2.45) is 5.92 Å². The van der Waals surface area contributed by atoms with Crippen LogP contribution in [0.1, 0.15) is 20.3 Å². The Bertz CT molecular complexity index is 291. The van der Waals surface area contributed by atoms with Crippen LogP contribution in [0.15, 0.2) is 0 Å². The lowest BCUT2D eigenvalue weighted by molar-refractivity contribution is -0.204. The fourth-order valence-electron chi connectivity index (χ4n) is 0.850. The number of alkyl halides is 4. The SMILES string of the molecule is CC(C)COC(=O)CC(CI)OC(=O)C(F)(F)F. The first-order valence-electron chi connectivity index (χ1n) is 5.16. The topological polar surface area (TPSA) is 52.6 Å². The molecule has 0 bridgehead atoms. The van der Waals surface area contributed by atoms with Crippen LogP contribution in [0.25, 0.3) is 0 Å². The predicted molar refractivity (Wildman–Crippen MR) is 65.2 cm³/mol. The summed E-state index contributed by atoms with van der Waals surface area (Å²) >= 11 is 1.73. The normalized spacial score (nSPS) is 13.3. The molecule has 0 saturated carbocycles. The lowest BCUT2D eigenvalue weighted by Gasteiger charge is -2.16. The number of hydrogen-bond donors (Lipinski definition) is 0. The maximum atomic E-state index is 11.9. The number of halogens is 4. The average molecular weight is 382 g/mol. The zero-order valence-electron chi connectivity index (χ0n) is 9.92. The minimum Gasteiger partial charge on any atom is -0.465 e. The second-order valence-corrected chi connectivity index (χ2v) is 4.84. The Morgan fingerprint density at radius 2 is 1.83 bits per heavy atom. The molecule has 8 heteroatoms. The summed E-state index contributed by atoms with van der Waals surface area (Å²) in [6, 6.07) is 0. The first-order valence-corrected chi connectivity index (χ1v) is 6.68. The van der Waals surface area contributed by atoms with Gasteiger partial charge < -0.3 is 9.47 Å². The van der Waals surface area contributed by atoms with Crippen LogP contribution in [0.4, 0.5) is 13.2 Å². The highest BCUT2D eigenvalue weighted by atomic mass is 127. The molecule has 1 unspecified atom stereocenters. The van der Waals surface area contributed by atoms with Crippen molar-refractivity contribution in [2.75, 3.05) is 11.0 Å². The molecule has 0 aliphatic heterocycles. The van der Waals surface area contributed by atoms with Gasteiger partial charge >= 0.3 is 18.1 Å². The summed E-state index contributed by atoms with van der Waals surface area (Å²) in [6.45, 7) is 3.83. The van der Waals surface area contributed by atoms with Gasteiger partial charge in [-0.2, -0.15) is 13.2 Å². The van der Waals surface area contributed by atoms with E-state index in [-0.39, 0.29) is 23.4 Å². The molecular weight excluding hydrogens is 368 g/mol. The van der Waals surface area contributed by atoms with Crippen LogP contribution < -0.4 is 0 Å². The van der Waals surface area contributed by atoms with Crippen molar-refractivity contribution < 1.29 is 32.2 Å². The predicted octanol–water partition coefficient (Wildman–Crippen LogP) is 2.48. The third kappa shape index (κ3) is 7.72. The van der Waals surface area contributed by atoms with Gasteiger partial charge in [0.15, 0.2) is 0 Å². The number of esters is 2. The average Bonchev–Trinajstić information content (AvgIpc) is 2.23. The van der Waals surface area contributed by atoms with Gasteiger partial charge in [0.1, 0.15) is 6.10 Å². The van der Waals surface area contributed by atoms with Crippen LogP contribution in [0, 0.1) is 5.92 Å². The molecule has 0 aromatic heterocycles. The van der Waals surface area contributed by atoms with E-state index in [0.29, 0.717) is 0 Å². The van der Waals surface area contributed by atoms with E-state index in [2.05, 4.69) is 4.74 Å². The van der Waals surface area contributed by atoms with Crippen LogP contribution in [0.3, 0.4) is 0 Å². The van der Waals surface area contributed by atoms with Gasteiger partial charge in [-0.15, -0.1) is 0 Å². The lowest BCUT2D eigenvalue weighted by atomic mass is 10.2. The van der Waals surface area contributed by atoms with Crippen molar-refractivity contribution in [3.63, 3.8) is 0 Å². The van der Waals surface area contributed by atoms with Gasteiger partial charge in [-0.1, -0.05) is 36.4 Å². The van der Waals surface area contributed by atoms with Gasteiger partial charge in [0.05, 0.1) is 13.0 Å². The van der Waals surface area contributed by atoms with Crippen molar-refractivity contribution in [2.45, 2.75) is 32.5 Å². The third-order valence-corrected chi connectivity index (χ3v) is 2.63. The number of rotatable bonds is 6. The van der Waals surface area contributed by atoms with E-state index < -0.39 is 24.2 Å². The quantitative estimate of drug-likeness (QED) is 0.403. The van der Waals surface area contributed by atoms with Crippen molar-refractivity contribution in [3.8, 4) is 0 Å². The molecule has 0 aromatic rings. The van der Waals surface area contributed by atoms with Gasteiger partial charge in [0.25, 0.3) is 0 Å². The van der Waals surface area contributed by atoms with E-state index in [0.717, 1.165) is 0 Å². The molecule has 0 radical (unpaired) electrons. The molecule has 4 nitrogen and oxygen atoms in total. The number of ether oxygens (including phenoxy) is 2. The monoisotopic (exact) mass is 382 g/mol. The first kappa shape index (κ1) is 17.5. The van der Waals surface area contributed by atoms with Crippen molar-refractivity contribution in [3.05, 3.63) is 0 Å². The van der Waals surface area contributed by atoms with Gasteiger partial charge in [0, 0.05) is 4.43 Å². The molecule has 0 N–H and O–H groups in total. The molecular formula is C10H14F3IO4. The standard InChI is InChI=1S/C10H14F3IO4/c1-6(2)5-17-8(15)3-7(4-14)18-9(16)10(11,12)13/h6-7H,3-5H2,1-2H3. The molecule has 0 fully saturated rings. The molecule has 0 heterocycles. The van der Waals surface area contributed by atoms with Crippen LogP contribution in [-0.2, 0) is 19.1 Å². The molecule has 0 aliphatic rings. The molecule has 0 aliphatic carbocycles. The zero-order chi connectivity index (χ0) is 14.3. The summed E-state index contributed by atoms with van der Waals surface area (Å²) in [5.74, 6) is -2.84. The Hall–Kier alpha value is -0.540. The fourth-order valence-corrected chi connectivity index (χ4v) is 1.34. The largest absolute Gasteiger partial charge is 0.490 e. The Morgan fingerprint density at radius 3 is 2.22 bits per heavy atom. The maximum Gasteiger partial charge on any atom is 0.490 e. The van der Waals surface area contributed by atoms with Gasteiger partial charge in [-0.3, -0.25) is 4.79 Å². The number of carbonyl (C=O) groups is 2. The van der Waals surface area contributed by atoms with E-state index in [1.54, 1.807) is 22.6 Å².